The van der Waals surface area contributed by atoms with E-state index in [-0.39, 0.29) is 0 Å². The van der Waals surface area contributed by atoms with Crippen LogP contribution in [-0.4, -0.2) is 21.9 Å². The van der Waals surface area contributed by atoms with E-state index in [0.29, 0.717) is 22.4 Å². The lowest BCUT2D eigenvalue weighted by atomic mass is 9.99. The van der Waals surface area contributed by atoms with E-state index in [4.69, 9.17) is 32.7 Å². The van der Waals surface area contributed by atoms with Gasteiger partial charge in [0.15, 0.2) is 0 Å². The summed E-state index contributed by atoms with van der Waals surface area (Å²) in [5.41, 5.74) is 5.29. The van der Waals surface area contributed by atoms with Gasteiger partial charge in [0, 0.05) is 39.0 Å². The van der Waals surface area contributed by atoms with Crippen LogP contribution < -0.4 is 9.47 Å². The molecule has 0 spiro atoms. The molecule has 0 unspecified atom stereocenters. The topological polar surface area (TPSA) is 49.2 Å². The largest absolute Gasteiger partial charge is 0.496 e. The average Bonchev–Trinajstić information content (AvgIpc) is 3.17. The minimum absolute atomic E-state index is 0.419. The number of hydrogen-bond donors (Lipinski definition) is 0. The van der Waals surface area contributed by atoms with Gasteiger partial charge in [-0.2, -0.15) is 5.10 Å². The van der Waals surface area contributed by atoms with Gasteiger partial charge in [-0.1, -0.05) is 29.3 Å². The summed E-state index contributed by atoms with van der Waals surface area (Å²) in [6.45, 7) is 0.419. The first-order chi connectivity index (χ1) is 14.1. The number of rotatable bonds is 3. The lowest BCUT2D eigenvalue weighted by molar-refractivity contribution is 0.299. The molecule has 0 bridgehead atoms. The molecule has 29 heavy (non-hydrogen) atoms. The highest BCUT2D eigenvalue weighted by Crippen LogP contribution is 2.44. The summed E-state index contributed by atoms with van der Waals surface area (Å²) in [7, 11) is 1.64. The fourth-order valence-electron chi connectivity index (χ4n) is 3.54. The number of halogens is 2. The zero-order valence-corrected chi connectivity index (χ0v) is 16.9. The van der Waals surface area contributed by atoms with Crippen molar-refractivity contribution in [2.24, 2.45) is 0 Å². The molecule has 7 heteroatoms. The second kappa shape index (κ2) is 7.10. The Morgan fingerprint density at radius 2 is 1.86 bits per heavy atom. The normalized spacial score (nSPS) is 12.1. The molecule has 2 aromatic heterocycles. The second-order valence-electron chi connectivity index (χ2n) is 6.61. The molecule has 2 aromatic carbocycles. The predicted molar refractivity (Wildman–Crippen MR) is 113 cm³/mol. The molecule has 0 radical (unpaired) electrons. The van der Waals surface area contributed by atoms with Gasteiger partial charge in [-0.3, -0.25) is 4.98 Å². The van der Waals surface area contributed by atoms with Gasteiger partial charge in [-0.15, -0.1) is 0 Å². The van der Waals surface area contributed by atoms with Crippen LogP contribution in [0.2, 0.25) is 10.0 Å². The Morgan fingerprint density at radius 3 is 2.59 bits per heavy atom. The first-order valence-corrected chi connectivity index (χ1v) is 9.69. The van der Waals surface area contributed by atoms with Crippen LogP contribution in [0.15, 0.2) is 60.9 Å². The van der Waals surface area contributed by atoms with Crippen molar-refractivity contribution in [3.8, 4) is 39.7 Å². The summed E-state index contributed by atoms with van der Waals surface area (Å²) in [5, 5.41) is 5.66. The number of nitrogens with zero attached hydrogens (tertiary/aromatic N) is 3. The number of fused-ring (bicyclic) bond motifs is 3. The van der Waals surface area contributed by atoms with E-state index < -0.39 is 0 Å². The van der Waals surface area contributed by atoms with Crippen LogP contribution in [-0.2, 0) is 6.61 Å². The van der Waals surface area contributed by atoms with Crippen LogP contribution in [0.5, 0.6) is 11.5 Å². The molecular formula is C22H15Cl2N3O2. The standard InChI is InChI=1S/C22H15Cl2N3O2/c1-28-20-10-21-18(9-17(20)19-4-2-3-5-25-19)22-13(12-29-21)11-26-27(22)16-7-14(23)6-15(24)8-16/h2-11H,12H2,1H3. The first-order valence-electron chi connectivity index (χ1n) is 8.94. The number of ether oxygens (including phenoxy) is 2. The van der Waals surface area contributed by atoms with E-state index in [2.05, 4.69) is 10.1 Å². The fourth-order valence-corrected chi connectivity index (χ4v) is 4.06. The van der Waals surface area contributed by atoms with Crippen molar-refractivity contribution < 1.29 is 9.47 Å². The maximum absolute atomic E-state index is 6.22. The fraction of sp³-hybridized carbons (Fsp3) is 0.0909. The molecule has 1 aliphatic rings. The van der Waals surface area contributed by atoms with Crippen LogP contribution in [0.3, 0.4) is 0 Å². The average molecular weight is 424 g/mol. The van der Waals surface area contributed by atoms with Crippen molar-refractivity contribution in [1.82, 2.24) is 14.8 Å². The molecule has 5 nitrogen and oxygen atoms in total. The third kappa shape index (κ3) is 3.12. The van der Waals surface area contributed by atoms with Gasteiger partial charge in [0.2, 0.25) is 0 Å². The highest BCUT2D eigenvalue weighted by molar-refractivity contribution is 6.34. The van der Waals surface area contributed by atoms with E-state index in [9.17, 15) is 0 Å². The third-order valence-corrected chi connectivity index (χ3v) is 5.25. The predicted octanol–water partition coefficient (Wildman–Crippen LogP) is 5.81. The van der Waals surface area contributed by atoms with Gasteiger partial charge < -0.3 is 9.47 Å². The minimum Gasteiger partial charge on any atom is -0.496 e. The van der Waals surface area contributed by atoms with Crippen molar-refractivity contribution in [2.75, 3.05) is 7.11 Å². The zero-order chi connectivity index (χ0) is 20.0. The quantitative estimate of drug-likeness (QED) is 0.417. The van der Waals surface area contributed by atoms with Crippen molar-refractivity contribution in [3.63, 3.8) is 0 Å². The second-order valence-corrected chi connectivity index (χ2v) is 7.48. The molecule has 1 aliphatic heterocycles. The Bertz CT molecular complexity index is 1200. The van der Waals surface area contributed by atoms with Crippen LogP contribution in [0, 0.1) is 0 Å². The third-order valence-electron chi connectivity index (χ3n) is 4.82. The van der Waals surface area contributed by atoms with Crippen LogP contribution in [0.4, 0.5) is 0 Å². The van der Waals surface area contributed by atoms with E-state index in [1.807, 2.05) is 47.1 Å². The van der Waals surface area contributed by atoms with Crippen molar-refractivity contribution >= 4 is 23.2 Å². The Labute approximate surface area is 177 Å². The number of benzene rings is 2. The van der Waals surface area contributed by atoms with Gasteiger partial charge in [0.25, 0.3) is 0 Å². The van der Waals surface area contributed by atoms with Crippen molar-refractivity contribution in [2.45, 2.75) is 6.61 Å². The monoisotopic (exact) mass is 423 g/mol. The lowest BCUT2D eigenvalue weighted by Gasteiger charge is -2.22. The van der Waals surface area contributed by atoms with Gasteiger partial charge >= 0.3 is 0 Å². The number of aromatic nitrogens is 3. The molecule has 3 heterocycles. The number of methoxy groups -OCH3 is 1. The Balaban J connectivity index is 1.74. The first kappa shape index (κ1) is 18.0. The van der Waals surface area contributed by atoms with Crippen LogP contribution in [0.1, 0.15) is 5.56 Å². The summed E-state index contributed by atoms with van der Waals surface area (Å²) in [6, 6.07) is 15.1. The summed E-state index contributed by atoms with van der Waals surface area (Å²) < 4.78 is 13.4. The maximum atomic E-state index is 6.22. The highest BCUT2D eigenvalue weighted by Gasteiger charge is 2.26. The van der Waals surface area contributed by atoms with E-state index in [0.717, 1.165) is 39.5 Å². The van der Waals surface area contributed by atoms with E-state index >= 15 is 0 Å². The molecule has 4 aromatic rings. The van der Waals surface area contributed by atoms with Gasteiger partial charge in [0.1, 0.15) is 18.1 Å². The summed E-state index contributed by atoms with van der Waals surface area (Å²) in [6.07, 6.45) is 3.56. The van der Waals surface area contributed by atoms with Crippen molar-refractivity contribution in [1.29, 1.82) is 0 Å². The van der Waals surface area contributed by atoms with E-state index in [1.54, 1.807) is 25.6 Å². The molecule has 5 rings (SSSR count). The molecule has 0 atom stereocenters. The van der Waals surface area contributed by atoms with Gasteiger partial charge in [-0.25, -0.2) is 4.68 Å². The van der Waals surface area contributed by atoms with Gasteiger partial charge in [0.05, 0.1) is 30.4 Å². The van der Waals surface area contributed by atoms with Gasteiger partial charge in [-0.05, 0) is 36.4 Å². The van der Waals surface area contributed by atoms with E-state index in [1.165, 1.54) is 0 Å². The maximum Gasteiger partial charge on any atom is 0.132 e. The summed E-state index contributed by atoms with van der Waals surface area (Å²) in [5.74, 6) is 1.42. The number of pyridine rings is 1. The molecular weight excluding hydrogens is 409 g/mol. The SMILES string of the molecule is COc1cc2c(cc1-c1ccccn1)-c1c(cnn1-c1cc(Cl)cc(Cl)c1)CO2. The van der Waals surface area contributed by atoms with Crippen molar-refractivity contribution in [3.05, 3.63) is 76.5 Å². The molecule has 0 amide bonds. The summed E-state index contributed by atoms with van der Waals surface area (Å²) in [4.78, 5) is 4.48. The molecule has 0 saturated heterocycles. The minimum atomic E-state index is 0.419. The van der Waals surface area contributed by atoms with Crippen LogP contribution >= 0.6 is 23.2 Å². The smallest absolute Gasteiger partial charge is 0.132 e. The Morgan fingerprint density at radius 1 is 1.03 bits per heavy atom. The Kier molecular flexibility index (Phi) is 4.42. The molecule has 144 valence electrons. The number of hydrogen-bond acceptors (Lipinski definition) is 4. The summed E-state index contributed by atoms with van der Waals surface area (Å²) >= 11 is 12.4. The Hall–Kier alpha value is -3.02. The lowest BCUT2D eigenvalue weighted by Crippen LogP contribution is -2.08. The molecule has 0 saturated carbocycles. The highest BCUT2D eigenvalue weighted by atomic mass is 35.5. The molecule has 0 N–H and O–H groups in total. The molecule has 0 aliphatic carbocycles. The zero-order valence-electron chi connectivity index (χ0n) is 15.4. The molecule has 0 fully saturated rings. The van der Waals surface area contributed by atoms with Crippen LogP contribution in [0.25, 0.3) is 28.2 Å².